The lowest BCUT2D eigenvalue weighted by Crippen LogP contribution is -2.35. The topological polar surface area (TPSA) is 45.0 Å². The molecule has 0 spiro atoms. The van der Waals surface area contributed by atoms with Crippen molar-refractivity contribution < 1.29 is 9.13 Å². The van der Waals surface area contributed by atoms with Crippen molar-refractivity contribution >= 4 is 5.69 Å². The molecule has 0 saturated heterocycles. The lowest BCUT2D eigenvalue weighted by Gasteiger charge is -2.25. The highest BCUT2D eigenvalue weighted by Gasteiger charge is 2.24. The Hall–Kier alpha value is -2.54. The van der Waals surface area contributed by atoms with Crippen molar-refractivity contribution in [3.05, 3.63) is 59.9 Å². The molecule has 1 N–H and O–H groups in total. The molecule has 2 rings (SSSR count). The van der Waals surface area contributed by atoms with Crippen LogP contribution in [-0.2, 0) is 6.42 Å². The number of rotatable bonds is 5. The maximum Gasteiger partial charge on any atom is 0.126 e. The Kier molecular flexibility index (Phi) is 4.44. The van der Waals surface area contributed by atoms with Gasteiger partial charge in [-0.15, -0.1) is 0 Å². The summed E-state index contributed by atoms with van der Waals surface area (Å²) in [7, 11) is 1.59. The second-order valence-corrected chi connectivity index (χ2v) is 5.11. The van der Waals surface area contributed by atoms with Gasteiger partial charge >= 0.3 is 0 Å². The normalized spacial score (nSPS) is 13.0. The third kappa shape index (κ3) is 3.96. The largest absolute Gasteiger partial charge is 0.497 e. The maximum absolute atomic E-state index is 13.3. The fourth-order valence-electron chi connectivity index (χ4n) is 2.19. The van der Waals surface area contributed by atoms with Crippen LogP contribution in [-0.4, -0.2) is 12.6 Å². The third-order valence-electron chi connectivity index (χ3n) is 3.18. The molecule has 4 heteroatoms. The van der Waals surface area contributed by atoms with E-state index >= 15 is 0 Å². The summed E-state index contributed by atoms with van der Waals surface area (Å²) in [5.74, 6) is 0.417. The van der Waals surface area contributed by atoms with E-state index in [1.54, 1.807) is 20.1 Å². The lowest BCUT2D eigenvalue weighted by molar-refractivity contribution is 0.415. The summed E-state index contributed by atoms with van der Waals surface area (Å²) in [5.41, 5.74) is 0.726. The van der Waals surface area contributed by atoms with Gasteiger partial charge in [0.15, 0.2) is 0 Å². The van der Waals surface area contributed by atoms with E-state index in [0.29, 0.717) is 12.2 Å². The van der Waals surface area contributed by atoms with Gasteiger partial charge in [0.1, 0.15) is 17.1 Å². The lowest BCUT2D eigenvalue weighted by atomic mass is 9.94. The molecule has 21 heavy (non-hydrogen) atoms. The Labute approximate surface area is 124 Å². The van der Waals surface area contributed by atoms with Crippen LogP contribution in [0.4, 0.5) is 10.1 Å². The van der Waals surface area contributed by atoms with Crippen LogP contribution in [0, 0.1) is 17.1 Å². The van der Waals surface area contributed by atoms with E-state index in [1.165, 1.54) is 12.1 Å². The summed E-state index contributed by atoms with van der Waals surface area (Å²) >= 11 is 0. The number of ether oxygens (including phenoxy) is 1. The molecule has 2 aromatic carbocycles. The number of halogens is 1. The first-order valence-electron chi connectivity index (χ1n) is 6.62. The van der Waals surface area contributed by atoms with Crippen LogP contribution in [0.15, 0.2) is 48.5 Å². The van der Waals surface area contributed by atoms with Crippen molar-refractivity contribution in [1.29, 1.82) is 5.26 Å². The summed E-state index contributed by atoms with van der Waals surface area (Å²) < 4.78 is 18.4. The van der Waals surface area contributed by atoms with Gasteiger partial charge in [0.2, 0.25) is 0 Å². The van der Waals surface area contributed by atoms with Gasteiger partial charge in [0.05, 0.1) is 13.2 Å². The van der Waals surface area contributed by atoms with E-state index in [-0.39, 0.29) is 5.82 Å². The van der Waals surface area contributed by atoms with Gasteiger partial charge in [-0.2, -0.15) is 5.26 Å². The van der Waals surface area contributed by atoms with Crippen molar-refractivity contribution in [1.82, 2.24) is 0 Å². The molecule has 108 valence electrons. The highest BCUT2D eigenvalue weighted by Crippen LogP contribution is 2.23. The van der Waals surface area contributed by atoms with Gasteiger partial charge < -0.3 is 10.1 Å². The molecule has 0 aliphatic carbocycles. The number of nitrogens with zero attached hydrogens (tertiary/aromatic N) is 1. The fraction of sp³-hybridized carbons (Fsp3) is 0.235. The Morgan fingerprint density at radius 1 is 1.24 bits per heavy atom. The molecule has 0 aromatic heterocycles. The molecule has 0 heterocycles. The second-order valence-electron chi connectivity index (χ2n) is 5.11. The quantitative estimate of drug-likeness (QED) is 0.909. The Morgan fingerprint density at radius 3 is 2.67 bits per heavy atom. The highest BCUT2D eigenvalue weighted by molar-refractivity contribution is 5.51. The molecule has 0 saturated carbocycles. The third-order valence-corrected chi connectivity index (χ3v) is 3.18. The minimum absolute atomic E-state index is 0.297. The summed E-state index contributed by atoms with van der Waals surface area (Å²) in [6, 6.07) is 15.9. The fourth-order valence-corrected chi connectivity index (χ4v) is 2.19. The van der Waals surface area contributed by atoms with Crippen LogP contribution in [0.1, 0.15) is 12.5 Å². The zero-order valence-corrected chi connectivity index (χ0v) is 12.1. The van der Waals surface area contributed by atoms with Gasteiger partial charge in [0.25, 0.3) is 0 Å². The van der Waals surface area contributed by atoms with Crippen molar-refractivity contribution in [3.8, 4) is 11.8 Å². The number of nitrogens with one attached hydrogen (secondary N) is 1. The van der Waals surface area contributed by atoms with E-state index < -0.39 is 5.54 Å². The number of methoxy groups -OCH3 is 1. The standard InChI is InChI=1S/C17H17FN2O/c1-17(12-19,11-13-5-3-6-14(18)9-13)20-15-7-4-8-16(10-15)21-2/h3-10,20H,11H2,1-2H3. The first-order chi connectivity index (χ1) is 10.0. The predicted octanol–water partition coefficient (Wildman–Crippen LogP) is 3.77. The number of nitriles is 1. The first-order valence-corrected chi connectivity index (χ1v) is 6.62. The minimum Gasteiger partial charge on any atom is -0.497 e. The highest BCUT2D eigenvalue weighted by atomic mass is 19.1. The zero-order chi connectivity index (χ0) is 15.3. The van der Waals surface area contributed by atoms with E-state index in [2.05, 4.69) is 11.4 Å². The molecule has 0 amide bonds. The Balaban J connectivity index is 2.19. The van der Waals surface area contributed by atoms with E-state index in [9.17, 15) is 9.65 Å². The molecule has 0 bridgehead atoms. The van der Waals surface area contributed by atoms with Gasteiger partial charge in [-0.3, -0.25) is 0 Å². The summed E-state index contributed by atoms with van der Waals surface area (Å²) in [6.07, 6.45) is 0.401. The van der Waals surface area contributed by atoms with Crippen LogP contribution < -0.4 is 10.1 Å². The molecule has 0 fully saturated rings. The molecule has 0 aliphatic rings. The Morgan fingerprint density at radius 2 is 2.00 bits per heavy atom. The number of hydrogen-bond acceptors (Lipinski definition) is 3. The van der Waals surface area contributed by atoms with Crippen molar-refractivity contribution in [2.75, 3.05) is 12.4 Å². The van der Waals surface area contributed by atoms with Crippen LogP contribution >= 0.6 is 0 Å². The minimum atomic E-state index is -0.833. The van der Waals surface area contributed by atoms with Gasteiger partial charge in [0, 0.05) is 18.2 Å². The average Bonchev–Trinajstić information content (AvgIpc) is 2.47. The monoisotopic (exact) mass is 284 g/mol. The van der Waals surface area contributed by atoms with Crippen molar-refractivity contribution in [2.45, 2.75) is 18.9 Å². The van der Waals surface area contributed by atoms with Gasteiger partial charge in [-0.25, -0.2) is 4.39 Å². The molecule has 1 atom stereocenters. The second kappa shape index (κ2) is 6.27. The summed E-state index contributed by atoms with van der Waals surface area (Å²) in [6.45, 7) is 1.79. The van der Waals surface area contributed by atoms with Crippen LogP contribution in [0.3, 0.4) is 0 Å². The van der Waals surface area contributed by atoms with Crippen LogP contribution in [0.5, 0.6) is 5.75 Å². The SMILES string of the molecule is COc1cccc(NC(C)(C#N)Cc2cccc(F)c2)c1. The van der Waals surface area contributed by atoms with E-state index in [1.807, 2.05) is 30.3 Å². The van der Waals surface area contributed by atoms with Crippen LogP contribution in [0.25, 0.3) is 0 Å². The molecule has 0 radical (unpaired) electrons. The predicted molar refractivity (Wildman–Crippen MR) is 80.7 cm³/mol. The molecule has 0 aliphatic heterocycles. The van der Waals surface area contributed by atoms with E-state index in [0.717, 1.165) is 11.3 Å². The van der Waals surface area contributed by atoms with Crippen LogP contribution in [0.2, 0.25) is 0 Å². The molecule has 1 unspecified atom stereocenters. The van der Waals surface area contributed by atoms with Crippen molar-refractivity contribution in [2.24, 2.45) is 0 Å². The molecular weight excluding hydrogens is 267 g/mol. The van der Waals surface area contributed by atoms with E-state index in [4.69, 9.17) is 4.74 Å². The van der Waals surface area contributed by atoms with Gasteiger partial charge in [-0.1, -0.05) is 18.2 Å². The number of hydrogen-bond donors (Lipinski definition) is 1. The molecule has 3 nitrogen and oxygen atoms in total. The zero-order valence-electron chi connectivity index (χ0n) is 12.1. The Bertz CT molecular complexity index is 666. The number of benzene rings is 2. The molecular formula is C17H17FN2O. The average molecular weight is 284 g/mol. The summed E-state index contributed by atoms with van der Waals surface area (Å²) in [5, 5.41) is 12.7. The first kappa shape index (κ1) is 14.9. The van der Waals surface area contributed by atoms with Gasteiger partial charge in [-0.05, 0) is 36.8 Å². The number of anilines is 1. The smallest absolute Gasteiger partial charge is 0.126 e. The van der Waals surface area contributed by atoms with Crippen molar-refractivity contribution in [3.63, 3.8) is 0 Å². The summed E-state index contributed by atoms with van der Waals surface area (Å²) in [4.78, 5) is 0. The maximum atomic E-state index is 13.3. The molecule has 2 aromatic rings.